The molecule has 128 valence electrons. The molecule has 0 radical (unpaired) electrons. The fourth-order valence-corrected chi connectivity index (χ4v) is 4.43. The van der Waals surface area contributed by atoms with Crippen LogP contribution in [0.5, 0.6) is 0 Å². The Morgan fingerprint density at radius 3 is 2.92 bits per heavy atom. The Morgan fingerprint density at radius 2 is 2.25 bits per heavy atom. The summed E-state index contributed by atoms with van der Waals surface area (Å²) >= 11 is 1.49. The number of furan rings is 1. The predicted molar refractivity (Wildman–Crippen MR) is 92.7 cm³/mol. The molecule has 2 aromatic rings. The quantitative estimate of drug-likeness (QED) is 0.820. The third kappa shape index (κ3) is 3.24. The van der Waals surface area contributed by atoms with Crippen LogP contribution in [0, 0.1) is 5.92 Å². The third-order valence-corrected chi connectivity index (χ3v) is 5.57. The van der Waals surface area contributed by atoms with Gasteiger partial charge in [0.1, 0.15) is 5.00 Å². The van der Waals surface area contributed by atoms with Crippen LogP contribution in [0.15, 0.2) is 22.8 Å². The Balaban J connectivity index is 1.93. The highest BCUT2D eigenvalue weighted by Gasteiger charge is 2.30. The second-order valence-electron chi connectivity index (χ2n) is 5.88. The number of carbonyl (C=O) groups is 2. The van der Waals surface area contributed by atoms with E-state index >= 15 is 0 Å². The molecule has 2 heterocycles. The van der Waals surface area contributed by atoms with Gasteiger partial charge in [-0.1, -0.05) is 13.3 Å². The van der Waals surface area contributed by atoms with Gasteiger partial charge in [-0.05, 0) is 49.8 Å². The molecule has 1 atom stereocenters. The molecule has 2 aromatic heterocycles. The van der Waals surface area contributed by atoms with Crippen molar-refractivity contribution >= 4 is 28.2 Å². The van der Waals surface area contributed by atoms with Gasteiger partial charge in [0.05, 0.1) is 18.4 Å². The number of carbonyl (C=O) groups excluding carboxylic acids is 2. The van der Waals surface area contributed by atoms with Crippen LogP contribution in [0.2, 0.25) is 0 Å². The van der Waals surface area contributed by atoms with E-state index in [4.69, 9.17) is 9.15 Å². The van der Waals surface area contributed by atoms with Crippen molar-refractivity contribution < 1.29 is 18.7 Å². The van der Waals surface area contributed by atoms with E-state index in [0.29, 0.717) is 23.1 Å². The van der Waals surface area contributed by atoms with Crippen molar-refractivity contribution in [1.29, 1.82) is 0 Å². The summed E-state index contributed by atoms with van der Waals surface area (Å²) in [4.78, 5) is 25.9. The van der Waals surface area contributed by atoms with E-state index in [0.717, 1.165) is 31.2 Å². The highest BCUT2D eigenvalue weighted by Crippen LogP contribution is 2.41. The van der Waals surface area contributed by atoms with Crippen molar-refractivity contribution in [3.63, 3.8) is 0 Å². The highest BCUT2D eigenvalue weighted by molar-refractivity contribution is 7.17. The molecule has 0 fully saturated rings. The maximum atomic E-state index is 12.4. The molecule has 0 bridgehead atoms. The zero-order valence-electron chi connectivity index (χ0n) is 13.9. The summed E-state index contributed by atoms with van der Waals surface area (Å²) in [6, 6.07) is 3.26. The number of thiophene rings is 1. The van der Waals surface area contributed by atoms with Crippen LogP contribution >= 0.6 is 11.3 Å². The monoisotopic (exact) mass is 347 g/mol. The SMILES string of the molecule is CCOC(=O)c1c(NC(=O)c2ccco2)sc2c1CCC(CC)C2. The summed E-state index contributed by atoms with van der Waals surface area (Å²) in [6.07, 6.45) is 5.46. The summed E-state index contributed by atoms with van der Waals surface area (Å²) in [5.41, 5.74) is 1.56. The van der Waals surface area contributed by atoms with E-state index in [1.807, 2.05) is 0 Å². The standard InChI is InChI=1S/C18H21NO4S/c1-3-11-7-8-12-14(10-11)24-17(15(12)18(21)22-4-2)19-16(20)13-6-5-9-23-13/h5-6,9,11H,3-4,7-8,10H2,1-2H3,(H,19,20). The van der Waals surface area contributed by atoms with Gasteiger partial charge in [-0.25, -0.2) is 4.79 Å². The topological polar surface area (TPSA) is 68.5 Å². The molecule has 0 saturated carbocycles. The second-order valence-corrected chi connectivity index (χ2v) is 6.98. The van der Waals surface area contributed by atoms with Gasteiger partial charge < -0.3 is 14.5 Å². The Hall–Kier alpha value is -2.08. The molecular formula is C18H21NO4S. The first kappa shape index (κ1) is 16.8. The Bertz CT molecular complexity index is 733. The number of esters is 1. The van der Waals surface area contributed by atoms with Crippen molar-refractivity contribution in [2.75, 3.05) is 11.9 Å². The summed E-state index contributed by atoms with van der Waals surface area (Å²) in [7, 11) is 0. The fourth-order valence-electron chi connectivity index (χ4n) is 3.08. The lowest BCUT2D eigenvalue weighted by Crippen LogP contribution is -2.17. The van der Waals surface area contributed by atoms with Crippen molar-refractivity contribution in [3.05, 3.63) is 40.2 Å². The average molecular weight is 347 g/mol. The molecule has 1 aliphatic rings. The fraction of sp³-hybridized carbons (Fsp3) is 0.444. The van der Waals surface area contributed by atoms with Crippen LogP contribution in [0.4, 0.5) is 5.00 Å². The van der Waals surface area contributed by atoms with Gasteiger partial charge in [0.25, 0.3) is 5.91 Å². The zero-order chi connectivity index (χ0) is 17.1. The minimum absolute atomic E-state index is 0.225. The van der Waals surface area contributed by atoms with E-state index in [-0.39, 0.29) is 17.6 Å². The van der Waals surface area contributed by atoms with E-state index in [2.05, 4.69) is 12.2 Å². The largest absolute Gasteiger partial charge is 0.462 e. The molecule has 5 nitrogen and oxygen atoms in total. The van der Waals surface area contributed by atoms with Crippen LogP contribution < -0.4 is 5.32 Å². The van der Waals surface area contributed by atoms with Gasteiger partial charge in [-0.3, -0.25) is 4.79 Å². The molecule has 0 saturated heterocycles. The summed E-state index contributed by atoms with van der Waals surface area (Å²) in [5, 5.41) is 3.39. The van der Waals surface area contributed by atoms with Gasteiger partial charge in [0, 0.05) is 4.88 Å². The molecule has 1 unspecified atom stereocenters. The summed E-state index contributed by atoms with van der Waals surface area (Å²) < 4.78 is 10.3. The molecule has 1 aliphatic carbocycles. The van der Waals surface area contributed by atoms with E-state index in [1.165, 1.54) is 22.5 Å². The normalized spacial score (nSPS) is 16.5. The zero-order valence-corrected chi connectivity index (χ0v) is 14.7. The summed E-state index contributed by atoms with van der Waals surface area (Å²) in [5.74, 6) is 0.151. The van der Waals surface area contributed by atoms with Gasteiger partial charge in [0.15, 0.2) is 5.76 Å². The number of amides is 1. The number of anilines is 1. The first-order chi connectivity index (χ1) is 11.6. The average Bonchev–Trinajstić information content (AvgIpc) is 3.21. The van der Waals surface area contributed by atoms with Crippen molar-refractivity contribution in [3.8, 4) is 0 Å². The lowest BCUT2D eigenvalue weighted by atomic mass is 9.85. The van der Waals surface area contributed by atoms with Gasteiger partial charge in [-0.15, -0.1) is 11.3 Å². The first-order valence-electron chi connectivity index (χ1n) is 8.30. The number of hydrogen-bond donors (Lipinski definition) is 1. The molecule has 0 aliphatic heterocycles. The first-order valence-corrected chi connectivity index (χ1v) is 9.12. The van der Waals surface area contributed by atoms with Crippen molar-refractivity contribution in [2.24, 2.45) is 5.92 Å². The van der Waals surface area contributed by atoms with E-state index in [9.17, 15) is 9.59 Å². The van der Waals surface area contributed by atoms with E-state index < -0.39 is 0 Å². The minimum atomic E-state index is -0.361. The minimum Gasteiger partial charge on any atom is -0.462 e. The number of rotatable bonds is 5. The highest BCUT2D eigenvalue weighted by atomic mass is 32.1. The molecule has 0 spiro atoms. The van der Waals surface area contributed by atoms with Crippen LogP contribution in [-0.2, 0) is 17.6 Å². The number of fused-ring (bicyclic) bond motifs is 1. The van der Waals surface area contributed by atoms with Gasteiger partial charge in [0.2, 0.25) is 0 Å². The molecule has 1 N–H and O–H groups in total. The van der Waals surface area contributed by atoms with Crippen molar-refractivity contribution in [1.82, 2.24) is 0 Å². The molecule has 1 amide bonds. The smallest absolute Gasteiger partial charge is 0.341 e. The Morgan fingerprint density at radius 1 is 1.42 bits per heavy atom. The Kier molecular flexibility index (Phi) is 5.04. The maximum absolute atomic E-state index is 12.4. The molecule has 0 aromatic carbocycles. The van der Waals surface area contributed by atoms with Crippen LogP contribution in [0.1, 0.15) is 58.0 Å². The maximum Gasteiger partial charge on any atom is 0.341 e. The van der Waals surface area contributed by atoms with Crippen molar-refractivity contribution in [2.45, 2.75) is 39.5 Å². The molecule has 24 heavy (non-hydrogen) atoms. The second kappa shape index (κ2) is 7.21. The Labute approximate surface area is 145 Å². The number of ether oxygens (including phenoxy) is 1. The number of nitrogens with one attached hydrogen (secondary N) is 1. The van der Waals surface area contributed by atoms with Crippen LogP contribution in [0.3, 0.4) is 0 Å². The molecular weight excluding hydrogens is 326 g/mol. The van der Waals surface area contributed by atoms with Crippen LogP contribution in [-0.4, -0.2) is 18.5 Å². The number of hydrogen-bond acceptors (Lipinski definition) is 5. The lowest BCUT2D eigenvalue weighted by Gasteiger charge is -2.20. The lowest BCUT2D eigenvalue weighted by molar-refractivity contribution is 0.0526. The van der Waals surface area contributed by atoms with E-state index in [1.54, 1.807) is 19.1 Å². The predicted octanol–water partition coefficient (Wildman–Crippen LogP) is 4.29. The van der Waals surface area contributed by atoms with Gasteiger partial charge in [-0.2, -0.15) is 0 Å². The molecule has 3 rings (SSSR count). The molecule has 6 heteroatoms. The van der Waals surface area contributed by atoms with Gasteiger partial charge >= 0.3 is 5.97 Å². The van der Waals surface area contributed by atoms with Crippen LogP contribution in [0.25, 0.3) is 0 Å². The summed E-state index contributed by atoms with van der Waals surface area (Å²) in [6.45, 7) is 4.28. The third-order valence-electron chi connectivity index (χ3n) is 4.40.